The minimum Gasteiger partial charge on any atom is -0.467 e. The van der Waals surface area contributed by atoms with Gasteiger partial charge in [0, 0.05) is 7.05 Å². The van der Waals surface area contributed by atoms with Crippen LogP contribution in [0.2, 0.25) is 0 Å². The van der Waals surface area contributed by atoms with E-state index in [9.17, 15) is 9.59 Å². The fraction of sp³-hybridized carbons (Fsp3) is 0.222. The van der Waals surface area contributed by atoms with Gasteiger partial charge in [0.25, 0.3) is 0 Å². The van der Waals surface area contributed by atoms with Crippen LogP contribution in [0, 0.1) is 0 Å². The number of nitrogens with one attached hydrogen (secondary N) is 2. The van der Waals surface area contributed by atoms with Gasteiger partial charge in [-0.2, -0.15) is 4.98 Å². The molecule has 0 aliphatic heterocycles. The summed E-state index contributed by atoms with van der Waals surface area (Å²) >= 11 is 0. The number of H-pyrrole nitrogens is 1. The predicted octanol–water partition coefficient (Wildman–Crippen LogP) is -0.385. The topological polar surface area (TPSA) is 92.9 Å². The van der Waals surface area contributed by atoms with Gasteiger partial charge in [-0.15, -0.1) is 0 Å². The molecule has 0 aliphatic rings. The van der Waals surface area contributed by atoms with Crippen LogP contribution in [-0.4, -0.2) is 21.6 Å². The molecule has 0 unspecified atom stereocenters. The molecular formula is C9H10N4O3. The zero-order valence-corrected chi connectivity index (χ0v) is 8.56. The molecule has 7 nitrogen and oxygen atoms in total. The standard InChI is InChI=1S/C9H10N4O3/c1-10-7-11-8(14)13(9(15)12-7)5-6-3-2-4-16-6/h2-4H,5H2,1H3,(H2,10,11,12,14,15). The number of anilines is 1. The maximum Gasteiger partial charge on any atom is 0.355 e. The molecule has 0 atom stereocenters. The number of furan rings is 1. The van der Waals surface area contributed by atoms with Crippen molar-refractivity contribution >= 4 is 5.95 Å². The predicted molar refractivity (Wildman–Crippen MR) is 56.5 cm³/mol. The van der Waals surface area contributed by atoms with E-state index < -0.39 is 11.4 Å². The van der Waals surface area contributed by atoms with Crippen molar-refractivity contribution in [3.8, 4) is 0 Å². The summed E-state index contributed by atoms with van der Waals surface area (Å²) in [7, 11) is 1.56. The first-order valence-electron chi connectivity index (χ1n) is 4.62. The van der Waals surface area contributed by atoms with Crippen LogP contribution in [0.25, 0.3) is 0 Å². The van der Waals surface area contributed by atoms with E-state index in [-0.39, 0.29) is 12.5 Å². The second-order valence-electron chi connectivity index (χ2n) is 3.09. The van der Waals surface area contributed by atoms with Crippen molar-refractivity contribution in [3.05, 3.63) is 45.1 Å². The van der Waals surface area contributed by atoms with Crippen LogP contribution < -0.4 is 16.7 Å². The highest BCUT2D eigenvalue weighted by atomic mass is 16.3. The average Bonchev–Trinajstić information content (AvgIpc) is 2.75. The molecule has 0 saturated heterocycles. The number of nitrogens with zero attached hydrogens (tertiary/aromatic N) is 2. The second kappa shape index (κ2) is 4.05. The van der Waals surface area contributed by atoms with Crippen molar-refractivity contribution < 1.29 is 4.42 Å². The Balaban J connectivity index is 2.42. The van der Waals surface area contributed by atoms with E-state index >= 15 is 0 Å². The molecule has 0 aromatic carbocycles. The summed E-state index contributed by atoms with van der Waals surface area (Å²) in [5.41, 5.74) is -1.15. The Kier molecular flexibility index (Phi) is 2.59. The SMILES string of the molecule is CNc1nc(=O)n(Cc2ccco2)c(=O)[nH]1. The van der Waals surface area contributed by atoms with Crippen LogP contribution >= 0.6 is 0 Å². The van der Waals surface area contributed by atoms with Crippen LogP contribution in [0.5, 0.6) is 0 Å². The maximum absolute atomic E-state index is 11.5. The zero-order chi connectivity index (χ0) is 11.5. The van der Waals surface area contributed by atoms with Crippen molar-refractivity contribution in [1.82, 2.24) is 14.5 Å². The van der Waals surface area contributed by atoms with Crippen molar-refractivity contribution in [2.24, 2.45) is 0 Å². The molecule has 0 spiro atoms. The third-order valence-corrected chi connectivity index (χ3v) is 2.04. The molecule has 0 saturated carbocycles. The quantitative estimate of drug-likeness (QED) is 0.738. The number of aromatic nitrogens is 3. The fourth-order valence-electron chi connectivity index (χ4n) is 1.26. The normalized spacial score (nSPS) is 10.3. The fourth-order valence-corrected chi connectivity index (χ4v) is 1.26. The first-order chi connectivity index (χ1) is 7.70. The van der Waals surface area contributed by atoms with E-state index in [0.29, 0.717) is 5.76 Å². The number of rotatable bonds is 3. The van der Waals surface area contributed by atoms with Crippen LogP contribution in [0.15, 0.2) is 32.4 Å². The van der Waals surface area contributed by atoms with Gasteiger partial charge in [-0.25, -0.2) is 14.2 Å². The minimum atomic E-state index is -0.621. The van der Waals surface area contributed by atoms with Gasteiger partial charge in [0.15, 0.2) is 0 Å². The maximum atomic E-state index is 11.5. The van der Waals surface area contributed by atoms with Crippen LogP contribution in [-0.2, 0) is 6.54 Å². The van der Waals surface area contributed by atoms with Gasteiger partial charge in [-0.3, -0.25) is 4.98 Å². The van der Waals surface area contributed by atoms with Crippen molar-refractivity contribution in [1.29, 1.82) is 0 Å². The molecule has 2 rings (SSSR count). The van der Waals surface area contributed by atoms with Crippen molar-refractivity contribution in [3.63, 3.8) is 0 Å². The molecule has 2 aromatic rings. The highest BCUT2D eigenvalue weighted by molar-refractivity contribution is 5.18. The van der Waals surface area contributed by atoms with Gasteiger partial charge in [0.1, 0.15) is 5.76 Å². The van der Waals surface area contributed by atoms with Gasteiger partial charge in [-0.05, 0) is 12.1 Å². The summed E-state index contributed by atoms with van der Waals surface area (Å²) in [6, 6.07) is 3.36. The highest BCUT2D eigenvalue weighted by Gasteiger charge is 2.06. The summed E-state index contributed by atoms with van der Waals surface area (Å²) in [4.78, 5) is 29.1. The lowest BCUT2D eigenvalue weighted by molar-refractivity contribution is 0.480. The van der Waals surface area contributed by atoms with Crippen LogP contribution in [0.1, 0.15) is 5.76 Å². The monoisotopic (exact) mass is 222 g/mol. The minimum absolute atomic E-state index is 0.0676. The van der Waals surface area contributed by atoms with E-state index in [1.54, 1.807) is 19.2 Å². The van der Waals surface area contributed by atoms with E-state index in [4.69, 9.17) is 4.42 Å². The van der Waals surface area contributed by atoms with E-state index in [1.807, 2.05) is 0 Å². The Hall–Kier alpha value is -2.31. The van der Waals surface area contributed by atoms with E-state index in [2.05, 4.69) is 15.3 Å². The molecular weight excluding hydrogens is 212 g/mol. The highest BCUT2D eigenvalue weighted by Crippen LogP contribution is 1.99. The summed E-state index contributed by atoms with van der Waals surface area (Å²) < 4.78 is 6.01. The molecule has 2 heterocycles. The van der Waals surface area contributed by atoms with E-state index in [0.717, 1.165) is 4.57 Å². The van der Waals surface area contributed by atoms with E-state index in [1.165, 1.54) is 6.26 Å². The second-order valence-corrected chi connectivity index (χ2v) is 3.09. The van der Waals surface area contributed by atoms with Gasteiger partial charge < -0.3 is 9.73 Å². The average molecular weight is 222 g/mol. The molecule has 7 heteroatoms. The van der Waals surface area contributed by atoms with Gasteiger partial charge in [0.2, 0.25) is 5.95 Å². The summed E-state index contributed by atoms with van der Waals surface area (Å²) in [5.74, 6) is 0.664. The van der Waals surface area contributed by atoms with Gasteiger partial charge in [0.05, 0.1) is 12.8 Å². The molecule has 2 N–H and O–H groups in total. The Morgan fingerprint density at radius 2 is 2.38 bits per heavy atom. The molecule has 0 radical (unpaired) electrons. The number of hydrogen-bond donors (Lipinski definition) is 2. The van der Waals surface area contributed by atoms with Crippen molar-refractivity contribution in [2.75, 3.05) is 12.4 Å². The third kappa shape index (κ3) is 1.88. The lowest BCUT2D eigenvalue weighted by Crippen LogP contribution is -2.37. The molecule has 0 fully saturated rings. The van der Waals surface area contributed by atoms with Gasteiger partial charge >= 0.3 is 11.4 Å². The summed E-state index contributed by atoms with van der Waals surface area (Å²) in [6.45, 7) is 0.0676. The van der Waals surface area contributed by atoms with Crippen molar-refractivity contribution in [2.45, 2.75) is 6.54 Å². The number of aromatic amines is 1. The lowest BCUT2D eigenvalue weighted by atomic mass is 10.4. The Morgan fingerprint density at radius 1 is 1.56 bits per heavy atom. The molecule has 0 bridgehead atoms. The molecule has 0 aliphatic carbocycles. The molecule has 0 amide bonds. The Morgan fingerprint density at radius 3 is 2.94 bits per heavy atom. The first kappa shape index (κ1) is 10.2. The molecule has 84 valence electrons. The number of hydrogen-bond acceptors (Lipinski definition) is 5. The third-order valence-electron chi connectivity index (χ3n) is 2.04. The molecule has 16 heavy (non-hydrogen) atoms. The summed E-state index contributed by atoms with van der Waals surface area (Å²) in [6.07, 6.45) is 1.48. The first-order valence-corrected chi connectivity index (χ1v) is 4.62. The Bertz CT molecular complexity index is 550. The smallest absolute Gasteiger partial charge is 0.355 e. The zero-order valence-electron chi connectivity index (χ0n) is 8.56. The van der Waals surface area contributed by atoms with Crippen LogP contribution in [0.3, 0.4) is 0 Å². The largest absolute Gasteiger partial charge is 0.467 e. The lowest BCUT2D eigenvalue weighted by Gasteiger charge is -2.02. The van der Waals surface area contributed by atoms with Gasteiger partial charge in [-0.1, -0.05) is 0 Å². The van der Waals surface area contributed by atoms with Crippen LogP contribution in [0.4, 0.5) is 5.95 Å². The Labute approximate surface area is 89.8 Å². The molecule has 2 aromatic heterocycles. The summed E-state index contributed by atoms with van der Waals surface area (Å²) in [5, 5.41) is 2.59.